The first-order valence-electron chi connectivity index (χ1n) is 3.81. The molecule has 0 aromatic heterocycles. The van der Waals surface area contributed by atoms with Crippen molar-refractivity contribution in [2.45, 2.75) is 5.88 Å². The molecule has 74 valence electrons. The number of anilines is 1. The Bertz CT molecular complexity index is 365. The smallest absolute Gasteiger partial charge is 0.335 e. The quantitative estimate of drug-likeness (QED) is 0.591. The van der Waals surface area contributed by atoms with E-state index in [1.165, 1.54) is 18.2 Å². The monoisotopic (exact) mass is 213 g/mol. The van der Waals surface area contributed by atoms with Crippen LogP contribution >= 0.6 is 11.6 Å². The SMILES string of the molecule is O=CNc1ccc(C(=O)O)cc1CCl. The highest BCUT2D eigenvalue weighted by Gasteiger charge is 2.06. The average molecular weight is 214 g/mol. The lowest BCUT2D eigenvalue weighted by Crippen LogP contribution is -2.02. The minimum atomic E-state index is -1.02. The van der Waals surface area contributed by atoms with Crippen LogP contribution in [-0.4, -0.2) is 17.5 Å². The van der Waals surface area contributed by atoms with Crippen LogP contribution in [0.5, 0.6) is 0 Å². The highest BCUT2D eigenvalue weighted by atomic mass is 35.5. The van der Waals surface area contributed by atoms with Crippen molar-refractivity contribution < 1.29 is 14.7 Å². The molecule has 5 heteroatoms. The molecular formula is C9H8ClNO3. The number of benzene rings is 1. The number of halogens is 1. The number of hydrogen-bond acceptors (Lipinski definition) is 2. The van der Waals surface area contributed by atoms with Gasteiger partial charge in [0.15, 0.2) is 0 Å². The number of alkyl halides is 1. The summed E-state index contributed by atoms with van der Waals surface area (Å²) in [6.45, 7) is 0. The van der Waals surface area contributed by atoms with Gasteiger partial charge in [-0.25, -0.2) is 4.79 Å². The van der Waals surface area contributed by atoms with Crippen molar-refractivity contribution in [3.05, 3.63) is 29.3 Å². The molecule has 0 fully saturated rings. The Kier molecular flexibility index (Phi) is 3.48. The lowest BCUT2D eigenvalue weighted by Gasteiger charge is -2.05. The summed E-state index contributed by atoms with van der Waals surface area (Å²) in [7, 11) is 0. The Morgan fingerprint density at radius 1 is 1.57 bits per heavy atom. The summed E-state index contributed by atoms with van der Waals surface area (Å²) in [6.07, 6.45) is 0.520. The summed E-state index contributed by atoms with van der Waals surface area (Å²) < 4.78 is 0. The van der Waals surface area contributed by atoms with Crippen molar-refractivity contribution in [2.75, 3.05) is 5.32 Å². The summed E-state index contributed by atoms with van der Waals surface area (Å²) in [5, 5.41) is 11.1. The molecule has 0 radical (unpaired) electrons. The van der Waals surface area contributed by atoms with E-state index < -0.39 is 5.97 Å². The molecule has 1 aromatic rings. The van der Waals surface area contributed by atoms with Crippen LogP contribution in [-0.2, 0) is 10.7 Å². The van der Waals surface area contributed by atoms with E-state index in [0.29, 0.717) is 17.7 Å². The number of rotatable bonds is 4. The third-order valence-corrected chi connectivity index (χ3v) is 2.00. The van der Waals surface area contributed by atoms with Crippen molar-refractivity contribution in [1.82, 2.24) is 0 Å². The molecule has 0 aliphatic carbocycles. The minimum Gasteiger partial charge on any atom is -0.478 e. The second-order valence-corrected chi connectivity index (χ2v) is 2.84. The van der Waals surface area contributed by atoms with Crippen LogP contribution < -0.4 is 5.32 Å². The van der Waals surface area contributed by atoms with Gasteiger partial charge in [-0.1, -0.05) is 0 Å². The van der Waals surface area contributed by atoms with Gasteiger partial charge in [-0.05, 0) is 23.8 Å². The summed E-state index contributed by atoms with van der Waals surface area (Å²) >= 11 is 5.60. The van der Waals surface area contributed by atoms with E-state index in [4.69, 9.17) is 16.7 Å². The summed E-state index contributed by atoms with van der Waals surface area (Å²) in [5.41, 5.74) is 1.26. The molecular weight excluding hydrogens is 206 g/mol. The van der Waals surface area contributed by atoms with E-state index in [-0.39, 0.29) is 11.4 Å². The van der Waals surface area contributed by atoms with Gasteiger partial charge in [0, 0.05) is 11.6 Å². The molecule has 0 atom stereocenters. The molecule has 0 spiro atoms. The topological polar surface area (TPSA) is 66.4 Å². The Morgan fingerprint density at radius 2 is 2.29 bits per heavy atom. The first-order valence-corrected chi connectivity index (χ1v) is 4.35. The predicted molar refractivity (Wildman–Crippen MR) is 52.6 cm³/mol. The number of hydrogen-bond donors (Lipinski definition) is 2. The first-order chi connectivity index (χ1) is 6.69. The van der Waals surface area contributed by atoms with Gasteiger partial charge in [-0.15, -0.1) is 11.6 Å². The Morgan fingerprint density at radius 3 is 2.79 bits per heavy atom. The number of carboxylic acid groups (broad SMARTS) is 1. The Balaban J connectivity index is 3.10. The van der Waals surface area contributed by atoms with E-state index in [1.807, 2.05) is 0 Å². The number of carbonyl (C=O) groups excluding carboxylic acids is 1. The van der Waals surface area contributed by atoms with E-state index in [1.54, 1.807) is 0 Å². The van der Waals surface area contributed by atoms with Gasteiger partial charge >= 0.3 is 5.97 Å². The summed E-state index contributed by atoms with van der Waals surface area (Å²) in [5.74, 6) is -0.869. The molecule has 0 saturated heterocycles. The van der Waals surface area contributed by atoms with E-state index in [0.717, 1.165) is 0 Å². The van der Waals surface area contributed by atoms with Crippen molar-refractivity contribution in [3.63, 3.8) is 0 Å². The minimum absolute atomic E-state index is 0.150. The molecule has 0 unspecified atom stereocenters. The van der Waals surface area contributed by atoms with Gasteiger partial charge in [0.1, 0.15) is 0 Å². The lowest BCUT2D eigenvalue weighted by molar-refractivity contribution is -0.105. The van der Waals surface area contributed by atoms with Crippen molar-refractivity contribution in [3.8, 4) is 0 Å². The first kappa shape index (κ1) is 10.5. The van der Waals surface area contributed by atoms with Gasteiger partial charge in [-0.3, -0.25) is 4.79 Å². The predicted octanol–water partition coefficient (Wildman–Crippen LogP) is 1.69. The van der Waals surface area contributed by atoms with Crippen LogP contribution in [0.25, 0.3) is 0 Å². The van der Waals surface area contributed by atoms with Crippen molar-refractivity contribution >= 4 is 29.7 Å². The standard InChI is InChI=1S/C9H8ClNO3/c10-4-7-3-6(9(13)14)1-2-8(7)11-5-12/h1-3,5H,4H2,(H,11,12)(H,13,14). The maximum atomic E-state index is 10.6. The number of amides is 1. The van der Waals surface area contributed by atoms with Gasteiger partial charge in [-0.2, -0.15) is 0 Å². The number of carboxylic acids is 1. The maximum Gasteiger partial charge on any atom is 0.335 e. The Labute approximate surface area is 85.5 Å². The molecule has 0 aliphatic rings. The molecule has 0 heterocycles. The zero-order chi connectivity index (χ0) is 10.6. The van der Waals surface area contributed by atoms with Gasteiger partial charge in [0.2, 0.25) is 6.41 Å². The summed E-state index contributed by atoms with van der Waals surface area (Å²) in [4.78, 5) is 20.8. The molecule has 14 heavy (non-hydrogen) atoms. The van der Waals surface area contributed by atoms with E-state index >= 15 is 0 Å². The molecule has 0 bridgehead atoms. The highest BCUT2D eigenvalue weighted by Crippen LogP contribution is 2.19. The highest BCUT2D eigenvalue weighted by molar-refractivity contribution is 6.17. The normalized spacial score (nSPS) is 9.50. The van der Waals surface area contributed by atoms with Crippen LogP contribution in [0.2, 0.25) is 0 Å². The molecule has 4 nitrogen and oxygen atoms in total. The molecule has 1 rings (SSSR count). The van der Waals surface area contributed by atoms with Gasteiger partial charge in [0.05, 0.1) is 5.56 Å². The zero-order valence-electron chi connectivity index (χ0n) is 7.16. The van der Waals surface area contributed by atoms with Crippen LogP contribution in [0.3, 0.4) is 0 Å². The van der Waals surface area contributed by atoms with Gasteiger partial charge in [0.25, 0.3) is 0 Å². The zero-order valence-corrected chi connectivity index (χ0v) is 7.91. The summed E-state index contributed by atoms with van der Waals surface area (Å²) in [6, 6.07) is 4.35. The molecule has 1 aromatic carbocycles. The Hall–Kier alpha value is -1.55. The van der Waals surface area contributed by atoms with Crippen LogP contribution in [0.1, 0.15) is 15.9 Å². The second-order valence-electron chi connectivity index (χ2n) is 2.57. The fraction of sp³-hybridized carbons (Fsp3) is 0.111. The molecule has 1 amide bonds. The third-order valence-electron chi connectivity index (χ3n) is 1.71. The number of carbonyl (C=O) groups is 2. The van der Waals surface area contributed by atoms with Crippen LogP contribution in [0.4, 0.5) is 5.69 Å². The van der Waals surface area contributed by atoms with E-state index in [2.05, 4.69) is 5.32 Å². The van der Waals surface area contributed by atoms with Crippen LogP contribution in [0.15, 0.2) is 18.2 Å². The largest absolute Gasteiger partial charge is 0.478 e. The van der Waals surface area contributed by atoms with Gasteiger partial charge < -0.3 is 10.4 Å². The molecule has 2 N–H and O–H groups in total. The number of aromatic carboxylic acids is 1. The lowest BCUT2D eigenvalue weighted by atomic mass is 10.1. The third kappa shape index (κ3) is 2.23. The van der Waals surface area contributed by atoms with Crippen molar-refractivity contribution in [1.29, 1.82) is 0 Å². The van der Waals surface area contributed by atoms with E-state index in [9.17, 15) is 9.59 Å². The second kappa shape index (κ2) is 4.62. The fourth-order valence-electron chi connectivity index (χ4n) is 1.04. The fourth-order valence-corrected chi connectivity index (χ4v) is 1.26. The number of nitrogens with one attached hydrogen (secondary N) is 1. The molecule has 0 saturated carbocycles. The van der Waals surface area contributed by atoms with Crippen LogP contribution in [0, 0.1) is 0 Å². The molecule has 0 aliphatic heterocycles. The average Bonchev–Trinajstić information content (AvgIpc) is 2.18. The maximum absolute atomic E-state index is 10.6. The van der Waals surface area contributed by atoms with Crippen molar-refractivity contribution in [2.24, 2.45) is 0 Å².